The molecule has 21 heavy (non-hydrogen) atoms. The molecule has 0 atom stereocenters. The van der Waals surface area contributed by atoms with E-state index in [0.29, 0.717) is 15.7 Å². The van der Waals surface area contributed by atoms with Gasteiger partial charge < -0.3 is 16.0 Å². The van der Waals surface area contributed by atoms with Crippen LogP contribution in [0.5, 0.6) is 0 Å². The first-order valence-electron chi connectivity index (χ1n) is 6.79. The molecule has 3 N–H and O–H groups in total. The molecule has 0 radical (unpaired) electrons. The molecule has 0 bridgehead atoms. The summed E-state index contributed by atoms with van der Waals surface area (Å²) in [5, 5.41) is 9.35. The Balaban J connectivity index is 1.81. The van der Waals surface area contributed by atoms with Crippen LogP contribution in [0, 0.1) is 5.92 Å². The molecule has 0 spiro atoms. The highest BCUT2D eigenvalue weighted by molar-refractivity contribution is 6.35. The lowest BCUT2D eigenvalue weighted by Crippen LogP contribution is -2.41. The van der Waals surface area contributed by atoms with E-state index in [4.69, 9.17) is 23.2 Å². The van der Waals surface area contributed by atoms with Crippen LogP contribution in [0.15, 0.2) is 18.2 Å². The molecule has 1 aromatic rings. The van der Waals surface area contributed by atoms with Gasteiger partial charge in [-0.15, -0.1) is 0 Å². The first kappa shape index (κ1) is 16.1. The van der Waals surface area contributed by atoms with Crippen LogP contribution < -0.4 is 16.0 Å². The first-order chi connectivity index (χ1) is 10.1. The molecular formula is C14H17Cl2N3O2. The van der Waals surface area contributed by atoms with E-state index in [1.54, 1.807) is 18.2 Å². The highest BCUT2D eigenvalue weighted by atomic mass is 35.5. The number of carbonyl (C=O) groups excluding carboxylic acids is 2. The summed E-state index contributed by atoms with van der Waals surface area (Å²) in [6.45, 7) is 1.59. The summed E-state index contributed by atoms with van der Waals surface area (Å²) >= 11 is 11.8. The van der Waals surface area contributed by atoms with Gasteiger partial charge in [-0.1, -0.05) is 23.2 Å². The summed E-state index contributed by atoms with van der Waals surface area (Å²) in [5.41, 5.74) is 0.435. The van der Waals surface area contributed by atoms with E-state index in [0.717, 1.165) is 25.9 Å². The van der Waals surface area contributed by atoms with Gasteiger partial charge in [-0.3, -0.25) is 9.59 Å². The summed E-state index contributed by atoms with van der Waals surface area (Å²) < 4.78 is 0. The van der Waals surface area contributed by atoms with Crippen LogP contribution in [0.25, 0.3) is 0 Å². The number of hydrogen-bond donors (Lipinski definition) is 3. The number of anilines is 1. The van der Waals surface area contributed by atoms with Gasteiger partial charge in [0.25, 0.3) is 0 Å². The maximum atomic E-state index is 11.9. The van der Waals surface area contributed by atoms with Crippen molar-refractivity contribution in [3.63, 3.8) is 0 Å². The fraction of sp³-hybridized carbons (Fsp3) is 0.429. The molecular weight excluding hydrogens is 313 g/mol. The lowest BCUT2D eigenvalue weighted by molar-refractivity contribution is -0.127. The molecule has 1 fully saturated rings. The molecule has 5 nitrogen and oxygen atoms in total. The number of piperidine rings is 1. The van der Waals surface area contributed by atoms with Crippen LogP contribution in [-0.4, -0.2) is 31.4 Å². The van der Waals surface area contributed by atoms with E-state index in [1.807, 2.05) is 0 Å². The second-order valence-electron chi connectivity index (χ2n) is 4.91. The van der Waals surface area contributed by atoms with Crippen molar-refractivity contribution in [1.82, 2.24) is 10.6 Å². The summed E-state index contributed by atoms with van der Waals surface area (Å²) in [4.78, 5) is 23.7. The standard InChI is InChI=1S/C14H17Cl2N3O2/c15-10-1-2-11(16)12(7-10)19-13(20)8-18-14(21)9-3-5-17-6-4-9/h1-2,7,9,17H,3-6,8H2,(H,18,21)(H,19,20). The Morgan fingerprint density at radius 3 is 2.67 bits per heavy atom. The lowest BCUT2D eigenvalue weighted by atomic mass is 9.97. The Bertz CT molecular complexity index is 531. The number of rotatable bonds is 4. The van der Waals surface area contributed by atoms with E-state index < -0.39 is 0 Å². The van der Waals surface area contributed by atoms with Crippen LogP contribution in [0.4, 0.5) is 5.69 Å². The van der Waals surface area contributed by atoms with Gasteiger partial charge in [0.2, 0.25) is 11.8 Å². The molecule has 0 aromatic heterocycles. The molecule has 1 aliphatic heterocycles. The molecule has 1 aliphatic rings. The van der Waals surface area contributed by atoms with Crippen molar-refractivity contribution >= 4 is 40.7 Å². The number of carbonyl (C=O) groups is 2. The Kier molecular flexibility index (Phi) is 5.85. The van der Waals surface area contributed by atoms with E-state index in [2.05, 4.69) is 16.0 Å². The Morgan fingerprint density at radius 2 is 1.95 bits per heavy atom. The molecule has 2 amide bonds. The minimum absolute atomic E-state index is 0.0196. The minimum atomic E-state index is -0.332. The van der Waals surface area contributed by atoms with Crippen molar-refractivity contribution in [2.24, 2.45) is 5.92 Å². The summed E-state index contributed by atoms with van der Waals surface area (Å²) in [6.07, 6.45) is 1.60. The highest BCUT2D eigenvalue weighted by Crippen LogP contribution is 2.25. The average molecular weight is 330 g/mol. The van der Waals surface area contributed by atoms with E-state index in [-0.39, 0.29) is 24.3 Å². The third-order valence-corrected chi connectivity index (χ3v) is 3.90. The second kappa shape index (κ2) is 7.64. The first-order valence-corrected chi connectivity index (χ1v) is 7.55. The van der Waals surface area contributed by atoms with Gasteiger partial charge in [0.15, 0.2) is 0 Å². The zero-order valence-corrected chi connectivity index (χ0v) is 12.9. The van der Waals surface area contributed by atoms with Crippen LogP contribution in [0.3, 0.4) is 0 Å². The number of benzene rings is 1. The lowest BCUT2D eigenvalue weighted by Gasteiger charge is -2.21. The number of halogens is 2. The van der Waals surface area contributed by atoms with Crippen molar-refractivity contribution in [1.29, 1.82) is 0 Å². The predicted molar refractivity (Wildman–Crippen MR) is 83.7 cm³/mol. The fourth-order valence-electron chi connectivity index (χ4n) is 2.18. The van der Waals surface area contributed by atoms with Crippen LogP contribution in [0.1, 0.15) is 12.8 Å². The molecule has 0 aliphatic carbocycles. The molecule has 7 heteroatoms. The zero-order valence-electron chi connectivity index (χ0n) is 11.4. The molecule has 114 valence electrons. The Labute approximate surface area is 133 Å². The topological polar surface area (TPSA) is 70.2 Å². The fourth-order valence-corrected chi connectivity index (χ4v) is 2.52. The average Bonchev–Trinajstić information content (AvgIpc) is 2.49. The van der Waals surface area contributed by atoms with Gasteiger partial charge in [0.1, 0.15) is 0 Å². The summed E-state index contributed by atoms with van der Waals surface area (Å²) in [7, 11) is 0. The highest BCUT2D eigenvalue weighted by Gasteiger charge is 2.21. The molecule has 2 rings (SSSR count). The van der Waals surface area contributed by atoms with Crippen LogP contribution in [0.2, 0.25) is 10.0 Å². The van der Waals surface area contributed by atoms with Gasteiger partial charge in [0.05, 0.1) is 17.3 Å². The second-order valence-corrected chi connectivity index (χ2v) is 5.76. The number of hydrogen-bond acceptors (Lipinski definition) is 3. The monoisotopic (exact) mass is 329 g/mol. The van der Waals surface area contributed by atoms with Gasteiger partial charge in [-0.25, -0.2) is 0 Å². The number of amides is 2. The molecule has 0 saturated carbocycles. The van der Waals surface area contributed by atoms with E-state index in [1.165, 1.54) is 0 Å². The predicted octanol–water partition coefficient (Wildman–Crippen LogP) is 2.05. The Morgan fingerprint density at radius 1 is 1.24 bits per heavy atom. The zero-order chi connectivity index (χ0) is 15.2. The smallest absolute Gasteiger partial charge is 0.243 e. The van der Waals surface area contributed by atoms with E-state index in [9.17, 15) is 9.59 Å². The van der Waals surface area contributed by atoms with Gasteiger partial charge in [-0.05, 0) is 44.1 Å². The SMILES string of the molecule is O=C(CNC(=O)C1CCNCC1)Nc1cc(Cl)ccc1Cl. The quantitative estimate of drug-likeness (QED) is 0.791. The normalized spacial score (nSPS) is 15.5. The van der Waals surface area contributed by atoms with Crippen LogP contribution in [-0.2, 0) is 9.59 Å². The van der Waals surface area contributed by atoms with Crippen molar-refractivity contribution in [2.45, 2.75) is 12.8 Å². The van der Waals surface area contributed by atoms with Crippen molar-refractivity contribution in [3.05, 3.63) is 28.2 Å². The molecule has 0 unspecified atom stereocenters. The van der Waals surface area contributed by atoms with Crippen molar-refractivity contribution < 1.29 is 9.59 Å². The summed E-state index contributed by atoms with van der Waals surface area (Å²) in [5.74, 6) is -0.431. The third kappa shape index (κ3) is 4.88. The van der Waals surface area contributed by atoms with Crippen molar-refractivity contribution in [3.8, 4) is 0 Å². The van der Waals surface area contributed by atoms with Crippen molar-refractivity contribution in [2.75, 3.05) is 25.0 Å². The maximum Gasteiger partial charge on any atom is 0.243 e. The summed E-state index contributed by atoms with van der Waals surface area (Å²) in [6, 6.07) is 4.81. The van der Waals surface area contributed by atoms with Gasteiger partial charge in [0, 0.05) is 10.9 Å². The molecule has 1 aromatic carbocycles. The molecule has 1 heterocycles. The van der Waals surface area contributed by atoms with Crippen LogP contribution >= 0.6 is 23.2 Å². The van der Waals surface area contributed by atoms with E-state index >= 15 is 0 Å². The van der Waals surface area contributed by atoms with Gasteiger partial charge in [-0.2, -0.15) is 0 Å². The number of nitrogens with one attached hydrogen (secondary N) is 3. The third-order valence-electron chi connectivity index (χ3n) is 3.34. The maximum absolute atomic E-state index is 11.9. The van der Waals surface area contributed by atoms with Gasteiger partial charge >= 0.3 is 0 Å². The molecule has 1 saturated heterocycles. The minimum Gasteiger partial charge on any atom is -0.347 e. The largest absolute Gasteiger partial charge is 0.347 e. The Hall–Kier alpha value is -1.30.